The standard InChI is InChI=1S/C11H11ClF3NOS/c12-9-4-2-1-3-7(9)5-17-6-8(10(16)18)11(13,14)15/h1-4,8H,5-6H2,(H2,16,18). The van der Waals surface area contributed by atoms with Crippen LogP contribution in [0.25, 0.3) is 0 Å². The Morgan fingerprint density at radius 3 is 2.50 bits per heavy atom. The summed E-state index contributed by atoms with van der Waals surface area (Å²) in [5.74, 6) is -1.94. The summed E-state index contributed by atoms with van der Waals surface area (Å²) in [5.41, 5.74) is 5.65. The summed E-state index contributed by atoms with van der Waals surface area (Å²) < 4.78 is 42.5. The molecule has 1 unspecified atom stereocenters. The van der Waals surface area contributed by atoms with Crippen LogP contribution >= 0.6 is 23.8 Å². The molecule has 0 aromatic heterocycles. The maximum atomic E-state index is 12.5. The Bertz CT molecular complexity index is 425. The van der Waals surface area contributed by atoms with Gasteiger partial charge in [-0.05, 0) is 11.6 Å². The Morgan fingerprint density at radius 2 is 2.00 bits per heavy atom. The number of hydrogen-bond donors (Lipinski definition) is 1. The third-order valence-electron chi connectivity index (χ3n) is 2.24. The number of halogens is 4. The van der Waals surface area contributed by atoms with Gasteiger partial charge in [0.05, 0.1) is 18.2 Å². The second kappa shape index (κ2) is 6.36. The maximum Gasteiger partial charge on any atom is 0.400 e. The van der Waals surface area contributed by atoms with Gasteiger partial charge in [-0.25, -0.2) is 0 Å². The van der Waals surface area contributed by atoms with E-state index in [1.54, 1.807) is 24.3 Å². The van der Waals surface area contributed by atoms with E-state index < -0.39 is 23.7 Å². The first-order valence-corrected chi connectivity index (χ1v) is 5.78. The van der Waals surface area contributed by atoms with E-state index in [9.17, 15) is 13.2 Å². The molecule has 1 rings (SSSR count). The molecule has 18 heavy (non-hydrogen) atoms. The van der Waals surface area contributed by atoms with Gasteiger partial charge in [0, 0.05) is 5.02 Å². The number of benzene rings is 1. The predicted octanol–water partition coefficient (Wildman–Crippen LogP) is 3.32. The van der Waals surface area contributed by atoms with Crippen LogP contribution in [0.2, 0.25) is 5.02 Å². The van der Waals surface area contributed by atoms with Crippen molar-refractivity contribution < 1.29 is 17.9 Å². The quantitative estimate of drug-likeness (QED) is 0.847. The van der Waals surface area contributed by atoms with Gasteiger partial charge in [-0.1, -0.05) is 42.0 Å². The molecule has 0 aliphatic rings. The van der Waals surface area contributed by atoms with Gasteiger partial charge in [-0.2, -0.15) is 13.2 Å². The third-order valence-corrected chi connectivity index (χ3v) is 2.89. The van der Waals surface area contributed by atoms with Crippen LogP contribution in [0.1, 0.15) is 5.56 Å². The summed E-state index contributed by atoms with van der Waals surface area (Å²) in [5, 5.41) is 0.441. The molecule has 0 spiro atoms. The van der Waals surface area contributed by atoms with Crippen LogP contribution in [0.4, 0.5) is 13.2 Å². The predicted molar refractivity (Wildman–Crippen MR) is 67.4 cm³/mol. The van der Waals surface area contributed by atoms with E-state index in [-0.39, 0.29) is 6.61 Å². The van der Waals surface area contributed by atoms with Crippen molar-refractivity contribution in [2.45, 2.75) is 12.8 Å². The normalized spacial score (nSPS) is 13.3. The van der Waals surface area contributed by atoms with Gasteiger partial charge >= 0.3 is 6.18 Å². The summed E-state index contributed by atoms with van der Waals surface area (Å²) in [6.07, 6.45) is -4.49. The second-order valence-electron chi connectivity index (χ2n) is 3.60. The number of nitrogens with two attached hydrogens (primary N) is 1. The average Bonchev–Trinajstić information content (AvgIpc) is 2.24. The fourth-order valence-corrected chi connectivity index (χ4v) is 1.63. The molecule has 0 amide bonds. The van der Waals surface area contributed by atoms with Crippen molar-refractivity contribution in [1.82, 2.24) is 0 Å². The van der Waals surface area contributed by atoms with Crippen LogP contribution in [0, 0.1) is 5.92 Å². The minimum Gasteiger partial charge on any atom is -0.393 e. The number of ether oxygens (including phenoxy) is 1. The molecule has 0 heterocycles. The van der Waals surface area contributed by atoms with Crippen molar-refractivity contribution in [2.24, 2.45) is 11.7 Å². The van der Waals surface area contributed by atoms with Crippen molar-refractivity contribution in [3.8, 4) is 0 Å². The molecule has 0 bridgehead atoms. The van der Waals surface area contributed by atoms with Crippen LogP contribution < -0.4 is 5.73 Å². The first-order valence-electron chi connectivity index (χ1n) is 4.99. The average molecular weight is 298 g/mol. The summed E-state index contributed by atoms with van der Waals surface area (Å²) >= 11 is 10.2. The first kappa shape index (κ1) is 15.2. The SMILES string of the molecule is NC(=S)C(COCc1ccccc1Cl)C(F)(F)F. The lowest BCUT2D eigenvalue weighted by Crippen LogP contribution is -2.37. The molecule has 0 aliphatic carbocycles. The van der Waals surface area contributed by atoms with E-state index in [1.807, 2.05) is 0 Å². The van der Waals surface area contributed by atoms with Gasteiger partial charge in [0.1, 0.15) is 5.92 Å². The van der Waals surface area contributed by atoms with E-state index in [0.717, 1.165) is 0 Å². The van der Waals surface area contributed by atoms with Gasteiger partial charge in [0.15, 0.2) is 0 Å². The van der Waals surface area contributed by atoms with E-state index in [1.165, 1.54) is 0 Å². The lowest BCUT2D eigenvalue weighted by molar-refractivity contribution is -0.168. The Morgan fingerprint density at radius 1 is 1.39 bits per heavy atom. The van der Waals surface area contributed by atoms with E-state index >= 15 is 0 Å². The van der Waals surface area contributed by atoms with Gasteiger partial charge in [0.2, 0.25) is 0 Å². The zero-order chi connectivity index (χ0) is 13.8. The molecule has 0 aliphatic heterocycles. The number of hydrogen-bond acceptors (Lipinski definition) is 2. The van der Waals surface area contributed by atoms with Gasteiger partial charge < -0.3 is 10.5 Å². The molecule has 0 saturated carbocycles. The van der Waals surface area contributed by atoms with Crippen molar-refractivity contribution in [3.63, 3.8) is 0 Å². The fourth-order valence-electron chi connectivity index (χ4n) is 1.24. The zero-order valence-corrected chi connectivity index (χ0v) is 10.8. The summed E-state index contributed by atoms with van der Waals surface area (Å²) in [6, 6.07) is 6.75. The van der Waals surface area contributed by atoms with E-state index in [4.69, 9.17) is 22.1 Å². The highest BCUT2D eigenvalue weighted by atomic mass is 35.5. The second-order valence-corrected chi connectivity index (χ2v) is 4.48. The summed E-state index contributed by atoms with van der Waals surface area (Å²) in [7, 11) is 0. The minimum atomic E-state index is -4.49. The highest BCUT2D eigenvalue weighted by Crippen LogP contribution is 2.27. The van der Waals surface area contributed by atoms with E-state index in [0.29, 0.717) is 10.6 Å². The highest BCUT2D eigenvalue weighted by molar-refractivity contribution is 7.80. The molecule has 2 N–H and O–H groups in total. The lowest BCUT2D eigenvalue weighted by Gasteiger charge is -2.19. The molecule has 0 saturated heterocycles. The number of thiocarbonyl (C=S) groups is 1. The molecule has 1 aromatic carbocycles. The van der Waals surface area contributed by atoms with Crippen molar-refractivity contribution >= 4 is 28.8 Å². The van der Waals surface area contributed by atoms with Crippen molar-refractivity contribution in [1.29, 1.82) is 0 Å². The molecule has 2 nitrogen and oxygen atoms in total. The molecular weight excluding hydrogens is 287 g/mol. The first-order chi connectivity index (χ1) is 8.32. The fraction of sp³-hybridized carbons (Fsp3) is 0.364. The number of alkyl halides is 3. The smallest absolute Gasteiger partial charge is 0.393 e. The summed E-state index contributed by atoms with van der Waals surface area (Å²) in [4.78, 5) is -0.623. The van der Waals surface area contributed by atoms with Crippen molar-refractivity contribution in [3.05, 3.63) is 34.9 Å². The molecule has 0 radical (unpaired) electrons. The molecular formula is C11H11ClF3NOS. The molecule has 1 aromatic rings. The lowest BCUT2D eigenvalue weighted by atomic mass is 10.1. The van der Waals surface area contributed by atoms with E-state index in [2.05, 4.69) is 12.2 Å². The topological polar surface area (TPSA) is 35.2 Å². The Balaban J connectivity index is 2.55. The van der Waals surface area contributed by atoms with Gasteiger partial charge in [0.25, 0.3) is 0 Å². The minimum absolute atomic E-state index is 0.0190. The maximum absolute atomic E-state index is 12.5. The Labute approximate surface area is 113 Å². The molecule has 100 valence electrons. The zero-order valence-electron chi connectivity index (χ0n) is 9.21. The molecule has 1 atom stereocenters. The largest absolute Gasteiger partial charge is 0.400 e. The van der Waals surface area contributed by atoms with Crippen LogP contribution in [-0.2, 0) is 11.3 Å². The van der Waals surface area contributed by atoms with Gasteiger partial charge in [-0.15, -0.1) is 0 Å². The highest BCUT2D eigenvalue weighted by Gasteiger charge is 2.41. The van der Waals surface area contributed by atoms with Gasteiger partial charge in [-0.3, -0.25) is 0 Å². The third kappa shape index (κ3) is 4.44. The monoisotopic (exact) mass is 297 g/mol. The molecule has 0 fully saturated rings. The van der Waals surface area contributed by atoms with Crippen LogP contribution in [0.15, 0.2) is 24.3 Å². The summed E-state index contributed by atoms with van der Waals surface area (Å²) in [6.45, 7) is -0.626. The van der Waals surface area contributed by atoms with Crippen LogP contribution in [0.3, 0.4) is 0 Å². The van der Waals surface area contributed by atoms with Crippen molar-refractivity contribution in [2.75, 3.05) is 6.61 Å². The Kier molecular flexibility index (Phi) is 5.37. The van der Waals surface area contributed by atoms with Crippen LogP contribution in [0.5, 0.6) is 0 Å². The molecule has 7 heteroatoms. The Hall–Kier alpha value is -0.850. The number of rotatable bonds is 5. The van der Waals surface area contributed by atoms with Crippen LogP contribution in [-0.4, -0.2) is 17.8 Å².